The van der Waals surface area contributed by atoms with Crippen LogP contribution in [0.1, 0.15) is 47.0 Å². The molecule has 0 aliphatic carbocycles. The van der Waals surface area contributed by atoms with Gasteiger partial charge >= 0.3 is 0 Å². The Labute approximate surface area is 114 Å². The highest BCUT2D eigenvalue weighted by molar-refractivity contribution is 4.79. The minimum Gasteiger partial charge on any atom is -0.311 e. The summed E-state index contributed by atoms with van der Waals surface area (Å²) in [6.45, 7) is 16.5. The molecule has 1 saturated heterocycles. The largest absolute Gasteiger partial charge is 0.311 e. The normalized spacial score (nSPS) is 22.0. The Kier molecular flexibility index (Phi) is 7.87. The first-order chi connectivity index (χ1) is 8.65. The van der Waals surface area contributed by atoms with Gasteiger partial charge in [-0.3, -0.25) is 0 Å². The molecular formula is C15H33N3. The lowest BCUT2D eigenvalue weighted by atomic mass is 10.0. The molecule has 1 aliphatic heterocycles. The van der Waals surface area contributed by atoms with Gasteiger partial charge in [0, 0.05) is 18.6 Å². The predicted octanol–water partition coefficient (Wildman–Crippen LogP) is 2.18. The Morgan fingerprint density at radius 3 is 2.61 bits per heavy atom. The van der Waals surface area contributed by atoms with E-state index in [1.165, 1.54) is 58.5 Å². The first-order valence-electron chi connectivity index (χ1n) is 7.86. The molecule has 1 rings (SSSR count). The molecule has 1 fully saturated rings. The van der Waals surface area contributed by atoms with Gasteiger partial charge in [-0.25, -0.2) is 0 Å². The zero-order chi connectivity index (χ0) is 13.4. The van der Waals surface area contributed by atoms with Gasteiger partial charge in [0.1, 0.15) is 0 Å². The number of likely N-dealkylation sites (tertiary alicyclic amines) is 1. The maximum absolute atomic E-state index is 3.68. The van der Waals surface area contributed by atoms with Crippen molar-refractivity contribution >= 4 is 0 Å². The van der Waals surface area contributed by atoms with E-state index >= 15 is 0 Å². The van der Waals surface area contributed by atoms with Crippen molar-refractivity contribution in [3.05, 3.63) is 0 Å². The van der Waals surface area contributed by atoms with Gasteiger partial charge < -0.3 is 15.1 Å². The van der Waals surface area contributed by atoms with Crippen LogP contribution in [0.3, 0.4) is 0 Å². The molecule has 1 heterocycles. The van der Waals surface area contributed by atoms with Crippen molar-refractivity contribution in [2.45, 2.75) is 59.0 Å². The molecule has 1 unspecified atom stereocenters. The fourth-order valence-electron chi connectivity index (χ4n) is 2.92. The SMILES string of the molecule is CCN(CC)CCCN1CCCC(NC(C)C)C1. The van der Waals surface area contributed by atoms with E-state index in [4.69, 9.17) is 0 Å². The van der Waals surface area contributed by atoms with Gasteiger partial charge in [-0.15, -0.1) is 0 Å². The minimum atomic E-state index is 0.616. The molecule has 0 radical (unpaired) electrons. The summed E-state index contributed by atoms with van der Waals surface area (Å²) in [7, 11) is 0. The summed E-state index contributed by atoms with van der Waals surface area (Å²) in [6.07, 6.45) is 4.02. The van der Waals surface area contributed by atoms with Crippen LogP contribution in [0.15, 0.2) is 0 Å². The van der Waals surface area contributed by atoms with Crippen molar-refractivity contribution in [3.63, 3.8) is 0 Å². The van der Waals surface area contributed by atoms with E-state index in [-0.39, 0.29) is 0 Å². The number of hydrogen-bond acceptors (Lipinski definition) is 3. The summed E-state index contributed by atoms with van der Waals surface area (Å²) in [4.78, 5) is 5.17. The molecule has 1 aliphatic rings. The second kappa shape index (κ2) is 8.89. The molecule has 108 valence electrons. The molecule has 0 aromatic carbocycles. The van der Waals surface area contributed by atoms with E-state index < -0.39 is 0 Å². The third kappa shape index (κ3) is 6.17. The Hall–Kier alpha value is -0.120. The molecule has 1 N–H and O–H groups in total. The van der Waals surface area contributed by atoms with Crippen molar-refractivity contribution in [1.82, 2.24) is 15.1 Å². The molecule has 1 atom stereocenters. The summed E-state index contributed by atoms with van der Waals surface area (Å²) >= 11 is 0. The van der Waals surface area contributed by atoms with Crippen LogP contribution >= 0.6 is 0 Å². The van der Waals surface area contributed by atoms with Crippen molar-refractivity contribution in [1.29, 1.82) is 0 Å². The van der Waals surface area contributed by atoms with Crippen LogP contribution in [-0.4, -0.2) is 61.2 Å². The molecule has 0 saturated carbocycles. The maximum Gasteiger partial charge on any atom is 0.0197 e. The van der Waals surface area contributed by atoms with Crippen LogP contribution in [0.5, 0.6) is 0 Å². The number of hydrogen-bond donors (Lipinski definition) is 1. The lowest BCUT2D eigenvalue weighted by Crippen LogP contribution is -2.48. The summed E-state index contributed by atoms with van der Waals surface area (Å²) in [5.74, 6) is 0. The second-order valence-electron chi connectivity index (χ2n) is 5.84. The first kappa shape index (κ1) is 15.9. The van der Waals surface area contributed by atoms with E-state index in [2.05, 4.69) is 42.8 Å². The van der Waals surface area contributed by atoms with E-state index in [1.807, 2.05) is 0 Å². The molecule has 0 bridgehead atoms. The van der Waals surface area contributed by atoms with E-state index in [0.29, 0.717) is 12.1 Å². The molecule has 0 aromatic rings. The highest BCUT2D eigenvalue weighted by Gasteiger charge is 2.19. The smallest absolute Gasteiger partial charge is 0.0197 e. The second-order valence-corrected chi connectivity index (χ2v) is 5.84. The zero-order valence-electron chi connectivity index (χ0n) is 12.9. The lowest BCUT2D eigenvalue weighted by Gasteiger charge is -2.34. The van der Waals surface area contributed by atoms with Gasteiger partial charge in [-0.1, -0.05) is 27.7 Å². The molecule has 0 spiro atoms. The van der Waals surface area contributed by atoms with E-state index in [1.54, 1.807) is 0 Å². The third-order valence-corrected chi connectivity index (χ3v) is 3.92. The molecule has 3 nitrogen and oxygen atoms in total. The van der Waals surface area contributed by atoms with Gasteiger partial charge in [-0.2, -0.15) is 0 Å². The standard InChI is InChI=1S/C15H33N3/c1-5-17(6-2)11-8-12-18-10-7-9-15(13-18)16-14(3)4/h14-16H,5-13H2,1-4H3. The van der Waals surface area contributed by atoms with Crippen molar-refractivity contribution in [2.75, 3.05) is 39.3 Å². The minimum absolute atomic E-state index is 0.616. The fraction of sp³-hybridized carbons (Fsp3) is 1.00. The van der Waals surface area contributed by atoms with Crippen molar-refractivity contribution in [3.8, 4) is 0 Å². The molecule has 18 heavy (non-hydrogen) atoms. The van der Waals surface area contributed by atoms with Gasteiger partial charge in [-0.05, 0) is 52.0 Å². The van der Waals surface area contributed by atoms with Crippen LogP contribution in [0.25, 0.3) is 0 Å². The Morgan fingerprint density at radius 1 is 1.28 bits per heavy atom. The summed E-state index contributed by atoms with van der Waals surface area (Å²) in [5, 5.41) is 3.68. The molecular weight excluding hydrogens is 222 g/mol. The quantitative estimate of drug-likeness (QED) is 0.717. The van der Waals surface area contributed by atoms with Crippen LogP contribution in [0.4, 0.5) is 0 Å². The summed E-state index contributed by atoms with van der Waals surface area (Å²) < 4.78 is 0. The van der Waals surface area contributed by atoms with Crippen molar-refractivity contribution < 1.29 is 0 Å². The zero-order valence-corrected chi connectivity index (χ0v) is 12.9. The monoisotopic (exact) mass is 255 g/mol. The Morgan fingerprint density at radius 2 is 2.00 bits per heavy atom. The lowest BCUT2D eigenvalue weighted by molar-refractivity contribution is 0.174. The average Bonchev–Trinajstić information content (AvgIpc) is 2.34. The van der Waals surface area contributed by atoms with Gasteiger partial charge in [0.05, 0.1) is 0 Å². The van der Waals surface area contributed by atoms with E-state index in [0.717, 1.165) is 0 Å². The van der Waals surface area contributed by atoms with E-state index in [9.17, 15) is 0 Å². The van der Waals surface area contributed by atoms with Gasteiger partial charge in [0.2, 0.25) is 0 Å². The van der Waals surface area contributed by atoms with Gasteiger partial charge in [0.15, 0.2) is 0 Å². The van der Waals surface area contributed by atoms with Crippen LogP contribution in [0, 0.1) is 0 Å². The number of rotatable bonds is 8. The summed E-state index contributed by atoms with van der Waals surface area (Å²) in [6, 6.07) is 1.33. The highest BCUT2D eigenvalue weighted by atomic mass is 15.2. The third-order valence-electron chi connectivity index (χ3n) is 3.92. The fourth-order valence-corrected chi connectivity index (χ4v) is 2.92. The Bertz CT molecular complexity index is 202. The number of piperidine rings is 1. The number of nitrogens with zero attached hydrogens (tertiary/aromatic N) is 2. The summed E-state index contributed by atoms with van der Waals surface area (Å²) in [5.41, 5.74) is 0. The first-order valence-corrected chi connectivity index (χ1v) is 7.86. The molecule has 0 amide bonds. The van der Waals surface area contributed by atoms with Crippen LogP contribution in [0.2, 0.25) is 0 Å². The molecule has 3 heteroatoms. The van der Waals surface area contributed by atoms with Gasteiger partial charge in [0.25, 0.3) is 0 Å². The van der Waals surface area contributed by atoms with Crippen LogP contribution < -0.4 is 5.32 Å². The topological polar surface area (TPSA) is 18.5 Å². The predicted molar refractivity (Wildman–Crippen MR) is 80.1 cm³/mol. The maximum atomic E-state index is 3.68. The highest BCUT2D eigenvalue weighted by Crippen LogP contribution is 2.11. The number of nitrogens with one attached hydrogen (secondary N) is 1. The van der Waals surface area contributed by atoms with Crippen LogP contribution in [-0.2, 0) is 0 Å². The van der Waals surface area contributed by atoms with Crippen molar-refractivity contribution in [2.24, 2.45) is 0 Å². The average molecular weight is 255 g/mol. The Balaban J connectivity index is 2.17. The molecule has 0 aromatic heterocycles.